The summed E-state index contributed by atoms with van der Waals surface area (Å²) in [5, 5.41) is 6.94. The second-order valence-electron chi connectivity index (χ2n) is 5.50. The van der Waals surface area contributed by atoms with Crippen molar-refractivity contribution < 1.29 is 9.59 Å². The highest BCUT2D eigenvalue weighted by molar-refractivity contribution is 5.94. The van der Waals surface area contributed by atoms with Crippen LogP contribution in [0.15, 0.2) is 35.4 Å². The molecular formula is C15H17N5O3. The van der Waals surface area contributed by atoms with Crippen LogP contribution in [0.4, 0.5) is 5.82 Å². The van der Waals surface area contributed by atoms with E-state index in [1.165, 1.54) is 25.3 Å². The number of H-pyrrole nitrogens is 1. The van der Waals surface area contributed by atoms with Crippen LogP contribution in [-0.4, -0.2) is 44.6 Å². The Kier molecular flexibility index (Phi) is 3.96. The molecule has 120 valence electrons. The Labute approximate surface area is 132 Å². The van der Waals surface area contributed by atoms with Crippen molar-refractivity contribution in [2.75, 3.05) is 18.4 Å². The predicted octanol–water partition coefficient (Wildman–Crippen LogP) is 0.617. The number of rotatable bonds is 3. The zero-order chi connectivity index (χ0) is 16.4. The van der Waals surface area contributed by atoms with E-state index in [9.17, 15) is 14.4 Å². The molecule has 1 aliphatic heterocycles. The Morgan fingerprint density at radius 1 is 1.35 bits per heavy atom. The lowest BCUT2D eigenvalue weighted by atomic mass is 10.2. The minimum Gasteiger partial charge on any atom is -0.336 e. The lowest BCUT2D eigenvalue weighted by Gasteiger charge is -2.16. The molecule has 0 aliphatic carbocycles. The Morgan fingerprint density at radius 2 is 2.17 bits per heavy atom. The molecule has 3 rings (SSSR count). The van der Waals surface area contributed by atoms with E-state index in [2.05, 4.69) is 15.4 Å². The number of amides is 2. The van der Waals surface area contributed by atoms with Gasteiger partial charge in [-0.05, 0) is 12.5 Å². The largest absolute Gasteiger partial charge is 0.336 e. The van der Waals surface area contributed by atoms with Gasteiger partial charge in [0.05, 0.1) is 11.6 Å². The van der Waals surface area contributed by atoms with Crippen molar-refractivity contribution in [3.05, 3.63) is 46.5 Å². The Morgan fingerprint density at radius 3 is 2.87 bits per heavy atom. The van der Waals surface area contributed by atoms with Crippen LogP contribution in [-0.2, 0) is 4.79 Å². The van der Waals surface area contributed by atoms with Gasteiger partial charge in [0.2, 0.25) is 11.5 Å². The van der Waals surface area contributed by atoms with Crippen molar-refractivity contribution in [3.63, 3.8) is 0 Å². The molecule has 1 atom stereocenters. The number of likely N-dealkylation sites (tertiary alicyclic amines) is 1. The highest BCUT2D eigenvalue weighted by Gasteiger charge is 2.28. The van der Waals surface area contributed by atoms with Crippen molar-refractivity contribution in [2.24, 2.45) is 0 Å². The number of nitrogens with zero attached hydrogens (tertiary/aromatic N) is 3. The third-order valence-electron chi connectivity index (χ3n) is 3.77. The van der Waals surface area contributed by atoms with E-state index < -0.39 is 0 Å². The molecule has 0 spiro atoms. The van der Waals surface area contributed by atoms with E-state index in [0.29, 0.717) is 24.5 Å². The minimum atomic E-state index is -0.233. The van der Waals surface area contributed by atoms with Gasteiger partial charge in [-0.2, -0.15) is 5.10 Å². The zero-order valence-electron chi connectivity index (χ0n) is 12.7. The predicted molar refractivity (Wildman–Crippen MR) is 83.2 cm³/mol. The van der Waals surface area contributed by atoms with Gasteiger partial charge in [-0.3, -0.25) is 19.1 Å². The van der Waals surface area contributed by atoms with Crippen molar-refractivity contribution >= 4 is 17.6 Å². The number of hydrogen-bond acceptors (Lipinski definition) is 4. The summed E-state index contributed by atoms with van der Waals surface area (Å²) in [5.41, 5.74) is 0.229. The molecule has 1 saturated heterocycles. The molecule has 2 amide bonds. The average molecular weight is 315 g/mol. The van der Waals surface area contributed by atoms with Crippen molar-refractivity contribution in [3.8, 4) is 0 Å². The quantitative estimate of drug-likeness (QED) is 0.867. The Bertz CT molecular complexity index is 774. The van der Waals surface area contributed by atoms with Crippen LogP contribution >= 0.6 is 0 Å². The molecule has 0 aromatic carbocycles. The first-order chi connectivity index (χ1) is 11.0. The zero-order valence-corrected chi connectivity index (χ0v) is 12.7. The van der Waals surface area contributed by atoms with Gasteiger partial charge >= 0.3 is 0 Å². The Balaban J connectivity index is 1.67. The van der Waals surface area contributed by atoms with Gasteiger partial charge in [0.1, 0.15) is 0 Å². The molecule has 8 nitrogen and oxygen atoms in total. The van der Waals surface area contributed by atoms with E-state index in [1.54, 1.807) is 21.8 Å². The summed E-state index contributed by atoms with van der Waals surface area (Å²) in [6.07, 6.45) is 4.01. The first-order valence-corrected chi connectivity index (χ1v) is 7.33. The normalized spacial score (nSPS) is 17.3. The van der Waals surface area contributed by atoms with Gasteiger partial charge < -0.3 is 15.2 Å². The lowest BCUT2D eigenvalue weighted by Crippen LogP contribution is -2.29. The topological polar surface area (TPSA) is 100 Å². The molecule has 2 N–H and O–H groups in total. The van der Waals surface area contributed by atoms with E-state index in [-0.39, 0.29) is 23.4 Å². The summed E-state index contributed by atoms with van der Waals surface area (Å²) in [6, 6.07) is 4.67. The maximum absolute atomic E-state index is 12.4. The van der Waals surface area contributed by atoms with E-state index in [4.69, 9.17) is 0 Å². The van der Waals surface area contributed by atoms with Gasteiger partial charge in [-0.1, -0.05) is 0 Å². The van der Waals surface area contributed by atoms with Crippen molar-refractivity contribution in [1.82, 2.24) is 19.7 Å². The van der Waals surface area contributed by atoms with Gasteiger partial charge in [0.25, 0.3) is 5.91 Å². The fraction of sp³-hybridized carbons (Fsp3) is 0.333. The third-order valence-corrected chi connectivity index (χ3v) is 3.77. The van der Waals surface area contributed by atoms with Crippen molar-refractivity contribution in [2.45, 2.75) is 19.4 Å². The number of anilines is 1. The SMILES string of the molecule is CC(=O)Nc1ccn([C@@H]2CCN(C(=O)c3ccc(=O)[nH]c3)C2)n1. The van der Waals surface area contributed by atoms with Crippen LogP contribution in [0.5, 0.6) is 0 Å². The summed E-state index contributed by atoms with van der Waals surface area (Å²) < 4.78 is 1.77. The summed E-state index contributed by atoms with van der Waals surface area (Å²) in [6.45, 7) is 2.59. The molecular weight excluding hydrogens is 298 g/mol. The summed E-state index contributed by atoms with van der Waals surface area (Å²) >= 11 is 0. The minimum absolute atomic E-state index is 0.0734. The second kappa shape index (κ2) is 6.07. The molecule has 23 heavy (non-hydrogen) atoms. The maximum Gasteiger partial charge on any atom is 0.255 e. The smallest absolute Gasteiger partial charge is 0.255 e. The first kappa shape index (κ1) is 15.0. The summed E-state index contributed by atoms with van der Waals surface area (Å²) in [5.74, 6) is 0.220. The number of hydrogen-bond donors (Lipinski definition) is 2. The van der Waals surface area contributed by atoms with E-state index in [0.717, 1.165) is 6.42 Å². The van der Waals surface area contributed by atoms with Crippen LogP contribution in [0, 0.1) is 0 Å². The molecule has 2 aromatic heterocycles. The third kappa shape index (κ3) is 3.31. The van der Waals surface area contributed by atoms with Crippen LogP contribution in [0.1, 0.15) is 29.7 Å². The molecule has 1 aliphatic rings. The molecule has 2 aromatic rings. The Hall–Kier alpha value is -2.90. The highest BCUT2D eigenvalue weighted by Crippen LogP contribution is 2.23. The average Bonchev–Trinajstić information content (AvgIpc) is 3.15. The molecule has 1 fully saturated rings. The number of carbonyl (C=O) groups is 2. The number of aromatic amines is 1. The number of nitrogens with one attached hydrogen (secondary N) is 2. The lowest BCUT2D eigenvalue weighted by molar-refractivity contribution is -0.114. The van der Waals surface area contributed by atoms with Crippen LogP contribution in [0.2, 0.25) is 0 Å². The standard InChI is InChI=1S/C15H17N5O3/c1-10(21)17-13-5-7-20(18-13)12-4-6-19(9-12)15(23)11-2-3-14(22)16-8-11/h2-3,5,7-8,12H,4,6,9H2,1H3,(H,16,22)(H,17,18,21)/t12-/m1/s1. The van der Waals surface area contributed by atoms with Gasteiger partial charge in [0.15, 0.2) is 5.82 Å². The molecule has 0 radical (unpaired) electrons. The fourth-order valence-corrected chi connectivity index (χ4v) is 2.66. The van der Waals surface area contributed by atoms with Gasteiger partial charge in [0, 0.05) is 44.5 Å². The summed E-state index contributed by atoms with van der Waals surface area (Å²) in [7, 11) is 0. The van der Waals surface area contributed by atoms with Crippen LogP contribution < -0.4 is 10.9 Å². The molecule has 0 unspecified atom stereocenters. The fourth-order valence-electron chi connectivity index (χ4n) is 2.66. The summed E-state index contributed by atoms with van der Waals surface area (Å²) in [4.78, 5) is 38.7. The van der Waals surface area contributed by atoms with E-state index in [1.807, 2.05) is 0 Å². The van der Waals surface area contributed by atoms with Crippen LogP contribution in [0.25, 0.3) is 0 Å². The molecule has 0 saturated carbocycles. The van der Waals surface area contributed by atoms with Crippen molar-refractivity contribution in [1.29, 1.82) is 0 Å². The number of aromatic nitrogens is 3. The van der Waals surface area contributed by atoms with E-state index >= 15 is 0 Å². The monoisotopic (exact) mass is 315 g/mol. The van der Waals surface area contributed by atoms with Gasteiger partial charge in [-0.15, -0.1) is 0 Å². The van der Waals surface area contributed by atoms with Crippen LogP contribution in [0.3, 0.4) is 0 Å². The maximum atomic E-state index is 12.4. The molecule has 8 heteroatoms. The second-order valence-corrected chi connectivity index (χ2v) is 5.50. The number of carbonyl (C=O) groups excluding carboxylic acids is 2. The first-order valence-electron chi connectivity index (χ1n) is 7.33. The van der Waals surface area contributed by atoms with Gasteiger partial charge in [-0.25, -0.2) is 0 Å². The number of pyridine rings is 1. The highest BCUT2D eigenvalue weighted by atomic mass is 16.2. The molecule has 0 bridgehead atoms. The molecule has 3 heterocycles.